The summed E-state index contributed by atoms with van der Waals surface area (Å²) in [5.41, 5.74) is 1.43. The topological polar surface area (TPSA) is 103 Å². The van der Waals surface area contributed by atoms with Gasteiger partial charge in [0.15, 0.2) is 5.82 Å². The number of rotatable bonds is 4. The number of tetrazole rings is 1. The minimum atomic E-state index is -0.168. The molecular weight excluding hydrogens is 346 g/mol. The van der Waals surface area contributed by atoms with Crippen LogP contribution in [0.4, 0.5) is 0 Å². The summed E-state index contributed by atoms with van der Waals surface area (Å²) in [5.74, 6) is 1.87. The lowest BCUT2D eigenvalue weighted by Crippen LogP contribution is -2.30. The molecule has 0 N–H and O–H groups in total. The first-order valence-electron chi connectivity index (χ1n) is 9.02. The van der Waals surface area contributed by atoms with Gasteiger partial charge in [0, 0.05) is 23.6 Å². The molecule has 3 aromatic rings. The fourth-order valence-electron chi connectivity index (χ4n) is 3.21. The van der Waals surface area contributed by atoms with Crippen molar-refractivity contribution in [1.29, 1.82) is 0 Å². The van der Waals surface area contributed by atoms with Crippen LogP contribution >= 0.6 is 0 Å². The minimum absolute atomic E-state index is 0.0412. The van der Waals surface area contributed by atoms with Gasteiger partial charge in [-0.15, -0.1) is 10.2 Å². The Labute approximate surface area is 156 Å². The molecule has 9 nitrogen and oxygen atoms in total. The molecule has 140 valence electrons. The molecule has 0 saturated carbocycles. The number of benzene rings is 1. The molecule has 3 heterocycles. The average Bonchev–Trinajstić information content (AvgIpc) is 3.40. The second-order valence-corrected chi connectivity index (χ2v) is 6.98. The van der Waals surface area contributed by atoms with Crippen LogP contribution in [0.5, 0.6) is 0 Å². The van der Waals surface area contributed by atoms with Crippen LogP contribution < -0.4 is 0 Å². The van der Waals surface area contributed by atoms with Gasteiger partial charge in [-0.3, -0.25) is 4.79 Å². The number of hydrogen-bond acceptors (Lipinski definition) is 7. The van der Waals surface area contributed by atoms with E-state index in [9.17, 15) is 4.79 Å². The molecule has 1 aliphatic heterocycles. The molecule has 0 spiro atoms. The van der Waals surface area contributed by atoms with Crippen LogP contribution in [0.2, 0.25) is 0 Å². The van der Waals surface area contributed by atoms with Gasteiger partial charge in [-0.25, -0.2) is 0 Å². The number of amides is 1. The quantitative estimate of drug-likeness (QED) is 0.697. The van der Waals surface area contributed by atoms with Gasteiger partial charge in [0.05, 0.1) is 7.05 Å². The van der Waals surface area contributed by atoms with Crippen molar-refractivity contribution in [3.8, 4) is 11.4 Å². The lowest BCUT2D eigenvalue weighted by Gasteiger charge is -2.22. The van der Waals surface area contributed by atoms with Crippen LogP contribution in [-0.4, -0.2) is 47.7 Å². The molecule has 2 aromatic heterocycles. The largest absolute Gasteiger partial charge is 0.337 e. The molecule has 1 fully saturated rings. The minimum Gasteiger partial charge on any atom is -0.337 e. The fourth-order valence-corrected chi connectivity index (χ4v) is 3.21. The Morgan fingerprint density at radius 3 is 2.67 bits per heavy atom. The highest BCUT2D eigenvalue weighted by Crippen LogP contribution is 2.33. The van der Waals surface area contributed by atoms with Gasteiger partial charge < -0.3 is 9.42 Å². The Morgan fingerprint density at radius 1 is 1.26 bits per heavy atom. The van der Waals surface area contributed by atoms with Crippen molar-refractivity contribution in [1.82, 2.24) is 35.2 Å². The first kappa shape index (κ1) is 17.3. The first-order chi connectivity index (χ1) is 13.0. The third-order valence-corrected chi connectivity index (χ3v) is 4.67. The second kappa shape index (κ2) is 6.90. The van der Waals surface area contributed by atoms with E-state index in [1.54, 1.807) is 19.2 Å². The molecule has 0 bridgehead atoms. The molecule has 0 aliphatic carbocycles. The number of carbonyl (C=O) groups is 1. The van der Waals surface area contributed by atoms with Crippen LogP contribution in [-0.2, 0) is 7.05 Å². The maximum atomic E-state index is 13.0. The molecule has 9 heteroatoms. The lowest BCUT2D eigenvalue weighted by molar-refractivity contribution is 0.0710. The maximum absolute atomic E-state index is 13.0. The highest BCUT2D eigenvalue weighted by Gasteiger charge is 2.34. The molecule has 1 saturated heterocycles. The van der Waals surface area contributed by atoms with E-state index >= 15 is 0 Å². The predicted octanol–water partition coefficient (Wildman–Crippen LogP) is 2.36. The van der Waals surface area contributed by atoms with E-state index in [-0.39, 0.29) is 17.9 Å². The van der Waals surface area contributed by atoms with Crippen molar-refractivity contribution in [3.63, 3.8) is 0 Å². The fraction of sp³-hybridized carbons (Fsp3) is 0.444. The van der Waals surface area contributed by atoms with E-state index in [1.807, 2.05) is 30.9 Å². The van der Waals surface area contributed by atoms with Crippen LogP contribution in [0.25, 0.3) is 11.4 Å². The molecule has 4 rings (SSSR count). The van der Waals surface area contributed by atoms with E-state index in [2.05, 4.69) is 25.6 Å². The van der Waals surface area contributed by atoms with E-state index in [0.717, 1.165) is 18.4 Å². The predicted molar refractivity (Wildman–Crippen MR) is 95.6 cm³/mol. The first-order valence-corrected chi connectivity index (χ1v) is 9.02. The summed E-state index contributed by atoms with van der Waals surface area (Å²) in [6.07, 6.45) is 1.74. The SMILES string of the molecule is CC(C)c1noc([C@@H]2CCCN2C(=O)c2ccc(-c3nnn(C)n3)cc2)n1. The van der Waals surface area contributed by atoms with Gasteiger partial charge in [-0.05, 0) is 30.2 Å². The average molecular weight is 367 g/mol. The molecule has 0 unspecified atom stereocenters. The summed E-state index contributed by atoms with van der Waals surface area (Å²) in [5, 5.41) is 16.0. The van der Waals surface area contributed by atoms with Gasteiger partial charge in [-0.1, -0.05) is 31.1 Å². The summed E-state index contributed by atoms with van der Waals surface area (Å²) >= 11 is 0. The molecule has 27 heavy (non-hydrogen) atoms. The van der Waals surface area contributed by atoms with Crippen molar-refractivity contribution in [2.45, 2.75) is 38.6 Å². The third-order valence-electron chi connectivity index (χ3n) is 4.67. The molecule has 1 aromatic carbocycles. The Kier molecular flexibility index (Phi) is 4.43. The molecule has 0 radical (unpaired) electrons. The maximum Gasteiger partial charge on any atom is 0.254 e. The molecule has 1 amide bonds. The van der Waals surface area contributed by atoms with E-state index in [0.29, 0.717) is 29.6 Å². The van der Waals surface area contributed by atoms with E-state index < -0.39 is 0 Å². The zero-order chi connectivity index (χ0) is 19.0. The van der Waals surface area contributed by atoms with Crippen molar-refractivity contribution in [2.75, 3.05) is 6.54 Å². The Morgan fingerprint density at radius 2 is 2.04 bits per heavy atom. The number of nitrogens with zero attached hydrogens (tertiary/aromatic N) is 7. The standard InChI is InChI=1S/C18H21N7O2/c1-11(2)15-19-17(27-22-15)14-5-4-10-25(14)18(26)13-8-6-12(7-9-13)16-20-23-24(3)21-16/h6-9,11,14H,4-5,10H2,1-3H3/t14-/m0/s1. The third kappa shape index (κ3) is 3.32. The Balaban J connectivity index is 1.54. The molecule has 1 atom stereocenters. The monoisotopic (exact) mass is 367 g/mol. The highest BCUT2D eigenvalue weighted by molar-refractivity contribution is 5.95. The number of carbonyl (C=O) groups excluding carboxylic acids is 1. The molecule has 1 aliphatic rings. The zero-order valence-electron chi connectivity index (χ0n) is 15.5. The van der Waals surface area contributed by atoms with Crippen molar-refractivity contribution in [3.05, 3.63) is 41.5 Å². The lowest BCUT2D eigenvalue weighted by atomic mass is 10.1. The molecular formula is C18H21N7O2. The van der Waals surface area contributed by atoms with Crippen LogP contribution in [0.3, 0.4) is 0 Å². The van der Waals surface area contributed by atoms with Gasteiger partial charge in [0.25, 0.3) is 5.91 Å². The van der Waals surface area contributed by atoms with Crippen LogP contribution in [0.1, 0.15) is 60.7 Å². The van der Waals surface area contributed by atoms with Gasteiger partial charge in [-0.2, -0.15) is 9.78 Å². The van der Waals surface area contributed by atoms with Crippen molar-refractivity contribution < 1.29 is 9.32 Å². The summed E-state index contributed by atoms with van der Waals surface area (Å²) in [7, 11) is 1.71. The number of aryl methyl sites for hydroxylation is 1. The van der Waals surface area contributed by atoms with Crippen molar-refractivity contribution >= 4 is 5.91 Å². The normalized spacial score (nSPS) is 17.0. The summed E-state index contributed by atoms with van der Waals surface area (Å²) < 4.78 is 5.42. The van der Waals surface area contributed by atoms with E-state index in [1.165, 1.54) is 4.80 Å². The van der Waals surface area contributed by atoms with Crippen LogP contribution in [0, 0.1) is 0 Å². The van der Waals surface area contributed by atoms with Gasteiger partial charge in [0.1, 0.15) is 6.04 Å². The summed E-state index contributed by atoms with van der Waals surface area (Å²) in [4.78, 5) is 20.7. The Bertz CT molecular complexity index is 945. The van der Waals surface area contributed by atoms with Crippen LogP contribution in [0.15, 0.2) is 28.8 Å². The second-order valence-electron chi connectivity index (χ2n) is 6.98. The van der Waals surface area contributed by atoms with Crippen molar-refractivity contribution in [2.24, 2.45) is 7.05 Å². The number of hydrogen-bond donors (Lipinski definition) is 0. The smallest absolute Gasteiger partial charge is 0.254 e. The van der Waals surface area contributed by atoms with E-state index in [4.69, 9.17) is 4.52 Å². The van der Waals surface area contributed by atoms with Gasteiger partial charge in [0.2, 0.25) is 11.7 Å². The Hall–Kier alpha value is -3.10. The summed E-state index contributed by atoms with van der Waals surface area (Å²) in [6.45, 7) is 4.70. The number of likely N-dealkylation sites (tertiary alicyclic amines) is 1. The van der Waals surface area contributed by atoms with Gasteiger partial charge >= 0.3 is 0 Å². The summed E-state index contributed by atoms with van der Waals surface area (Å²) in [6, 6.07) is 7.07. The zero-order valence-corrected chi connectivity index (χ0v) is 15.5. The number of aromatic nitrogens is 6. The highest BCUT2D eigenvalue weighted by atomic mass is 16.5.